The molecule has 2 bridgehead atoms. The van der Waals surface area contributed by atoms with Crippen LogP contribution in [0.5, 0.6) is 0 Å². The summed E-state index contributed by atoms with van der Waals surface area (Å²) in [6.45, 7) is 0. The smallest absolute Gasteiger partial charge is 0.240 e. The molecule has 2 fully saturated rings. The Labute approximate surface area is 104 Å². The number of nitrogens with one attached hydrogen (secondary N) is 1. The zero-order chi connectivity index (χ0) is 11.9. The molecule has 92 valence electrons. The van der Waals surface area contributed by atoms with E-state index in [4.69, 9.17) is 4.52 Å². The van der Waals surface area contributed by atoms with E-state index >= 15 is 0 Å². The summed E-state index contributed by atoms with van der Waals surface area (Å²) in [6.07, 6.45) is 6.93. The molecular weight excluding hydrogens is 230 g/mol. The predicted octanol–water partition coefficient (Wildman–Crippen LogP) is 1.13. The molecule has 0 amide bonds. The maximum Gasteiger partial charge on any atom is 0.240 e. The zero-order valence-corrected chi connectivity index (χ0v) is 9.78. The highest BCUT2D eigenvalue weighted by atomic mass is 16.5. The van der Waals surface area contributed by atoms with Gasteiger partial charge in [0.05, 0.1) is 5.92 Å². The summed E-state index contributed by atoms with van der Waals surface area (Å²) >= 11 is 0. The zero-order valence-electron chi connectivity index (χ0n) is 9.78. The third-order valence-corrected chi connectivity index (χ3v) is 3.82. The molecule has 1 N–H and O–H groups in total. The van der Waals surface area contributed by atoms with E-state index < -0.39 is 0 Å². The monoisotopic (exact) mass is 243 g/mol. The summed E-state index contributed by atoms with van der Waals surface area (Å²) in [7, 11) is 0. The largest absolute Gasteiger partial charge is 0.338 e. The van der Waals surface area contributed by atoms with Crippen LogP contribution in [-0.4, -0.2) is 32.2 Å². The SMILES string of the molecule is c1cnc(-c2noc(C3CC4CCC3N4)n2)nc1. The van der Waals surface area contributed by atoms with Crippen LogP contribution in [0.1, 0.15) is 31.1 Å². The van der Waals surface area contributed by atoms with E-state index in [-0.39, 0.29) is 0 Å². The van der Waals surface area contributed by atoms with Crippen molar-refractivity contribution in [1.82, 2.24) is 25.4 Å². The Kier molecular flexibility index (Phi) is 2.16. The lowest BCUT2D eigenvalue weighted by Crippen LogP contribution is -2.21. The van der Waals surface area contributed by atoms with E-state index in [9.17, 15) is 0 Å². The maximum atomic E-state index is 5.37. The molecule has 2 aromatic rings. The second-order valence-electron chi connectivity index (χ2n) is 4.92. The number of hydrogen-bond acceptors (Lipinski definition) is 6. The minimum Gasteiger partial charge on any atom is -0.338 e. The van der Waals surface area contributed by atoms with Crippen LogP contribution < -0.4 is 5.32 Å². The first-order chi connectivity index (χ1) is 8.90. The molecule has 2 saturated heterocycles. The minimum atomic E-state index is 0.355. The highest BCUT2D eigenvalue weighted by molar-refractivity contribution is 5.40. The van der Waals surface area contributed by atoms with Crippen molar-refractivity contribution in [3.8, 4) is 11.6 Å². The molecule has 0 aromatic carbocycles. The molecule has 6 heteroatoms. The van der Waals surface area contributed by atoms with Crippen LogP contribution >= 0.6 is 0 Å². The Morgan fingerprint density at radius 1 is 1.17 bits per heavy atom. The fourth-order valence-electron chi connectivity index (χ4n) is 2.99. The van der Waals surface area contributed by atoms with E-state index in [0.29, 0.717) is 29.7 Å². The van der Waals surface area contributed by atoms with E-state index in [1.807, 2.05) is 0 Å². The minimum absolute atomic E-state index is 0.355. The normalized spacial score (nSPS) is 29.9. The van der Waals surface area contributed by atoms with Gasteiger partial charge in [-0.25, -0.2) is 9.97 Å². The van der Waals surface area contributed by atoms with Gasteiger partial charge in [0, 0.05) is 24.5 Å². The van der Waals surface area contributed by atoms with Gasteiger partial charge >= 0.3 is 0 Å². The van der Waals surface area contributed by atoms with Gasteiger partial charge in [0.15, 0.2) is 0 Å². The Bertz CT molecular complexity index is 555. The molecule has 3 atom stereocenters. The van der Waals surface area contributed by atoms with Crippen molar-refractivity contribution in [3.05, 3.63) is 24.4 Å². The lowest BCUT2D eigenvalue weighted by atomic mass is 9.89. The average Bonchev–Trinajstić information content (AvgIpc) is 3.15. The van der Waals surface area contributed by atoms with Crippen LogP contribution in [0.4, 0.5) is 0 Å². The summed E-state index contributed by atoms with van der Waals surface area (Å²) in [5, 5.41) is 7.54. The second kappa shape index (κ2) is 3.84. The molecule has 0 spiro atoms. The van der Waals surface area contributed by atoms with Crippen molar-refractivity contribution in [1.29, 1.82) is 0 Å². The average molecular weight is 243 g/mol. The highest BCUT2D eigenvalue weighted by Gasteiger charge is 2.42. The first kappa shape index (κ1) is 10.1. The van der Waals surface area contributed by atoms with Crippen LogP contribution in [-0.2, 0) is 0 Å². The molecule has 2 aliphatic heterocycles. The highest BCUT2D eigenvalue weighted by Crippen LogP contribution is 2.39. The van der Waals surface area contributed by atoms with Crippen molar-refractivity contribution in [2.75, 3.05) is 0 Å². The van der Waals surface area contributed by atoms with Crippen LogP contribution in [0.2, 0.25) is 0 Å². The van der Waals surface area contributed by atoms with E-state index in [1.54, 1.807) is 18.5 Å². The van der Waals surface area contributed by atoms with Crippen molar-refractivity contribution in [3.63, 3.8) is 0 Å². The van der Waals surface area contributed by atoms with Crippen LogP contribution in [0.15, 0.2) is 23.0 Å². The summed E-state index contributed by atoms with van der Waals surface area (Å²) in [5.41, 5.74) is 0. The van der Waals surface area contributed by atoms with Crippen LogP contribution in [0.3, 0.4) is 0 Å². The first-order valence-electron chi connectivity index (χ1n) is 6.27. The third kappa shape index (κ3) is 1.53. The number of nitrogens with zero attached hydrogens (tertiary/aromatic N) is 4. The molecule has 0 radical (unpaired) electrons. The summed E-state index contributed by atoms with van der Waals surface area (Å²) in [5.74, 6) is 2.07. The molecule has 2 aliphatic rings. The first-order valence-corrected chi connectivity index (χ1v) is 6.27. The summed E-state index contributed by atoms with van der Waals surface area (Å²) in [6, 6.07) is 2.90. The maximum absolute atomic E-state index is 5.37. The standard InChI is InChI=1S/C12H13N5O/c1-4-13-10(14-5-1)11-16-12(18-17-11)8-6-7-2-3-9(8)15-7/h1,4-5,7-9,15H,2-3,6H2. The fourth-order valence-corrected chi connectivity index (χ4v) is 2.99. The van der Waals surface area contributed by atoms with Gasteiger partial charge in [0.1, 0.15) is 0 Å². The van der Waals surface area contributed by atoms with Crippen molar-refractivity contribution >= 4 is 0 Å². The molecular formula is C12H13N5O. The van der Waals surface area contributed by atoms with Gasteiger partial charge in [-0.1, -0.05) is 5.16 Å². The van der Waals surface area contributed by atoms with Gasteiger partial charge < -0.3 is 9.84 Å². The van der Waals surface area contributed by atoms with Gasteiger partial charge in [-0.05, 0) is 25.3 Å². The van der Waals surface area contributed by atoms with Crippen molar-refractivity contribution < 1.29 is 4.52 Å². The van der Waals surface area contributed by atoms with Crippen LogP contribution in [0, 0.1) is 0 Å². The Morgan fingerprint density at radius 3 is 2.78 bits per heavy atom. The molecule has 2 aromatic heterocycles. The van der Waals surface area contributed by atoms with Crippen molar-refractivity contribution in [2.24, 2.45) is 0 Å². The third-order valence-electron chi connectivity index (χ3n) is 3.82. The Morgan fingerprint density at radius 2 is 2.06 bits per heavy atom. The van der Waals surface area contributed by atoms with E-state index in [0.717, 1.165) is 12.3 Å². The van der Waals surface area contributed by atoms with Gasteiger partial charge in [0.2, 0.25) is 17.5 Å². The number of aromatic nitrogens is 4. The topological polar surface area (TPSA) is 76.7 Å². The van der Waals surface area contributed by atoms with Gasteiger partial charge in [-0.2, -0.15) is 4.98 Å². The van der Waals surface area contributed by atoms with Gasteiger partial charge in [-0.3, -0.25) is 0 Å². The van der Waals surface area contributed by atoms with E-state index in [2.05, 4.69) is 25.4 Å². The molecule has 0 aliphatic carbocycles. The Balaban J connectivity index is 1.63. The second-order valence-corrected chi connectivity index (χ2v) is 4.92. The number of hydrogen-bond donors (Lipinski definition) is 1. The molecule has 4 heterocycles. The van der Waals surface area contributed by atoms with E-state index in [1.165, 1.54) is 12.8 Å². The number of rotatable bonds is 2. The molecule has 3 unspecified atom stereocenters. The lowest BCUT2D eigenvalue weighted by molar-refractivity contribution is 0.329. The molecule has 0 saturated carbocycles. The quantitative estimate of drug-likeness (QED) is 0.852. The van der Waals surface area contributed by atoms with Crippen molar-refractivity contribution in [2.45, 2.75) is 37.3 Å². The van der Waals surface area contributed by atoms with Crippen LogP contribution in [0.25, 0.3) is 11.6 Å². The Hall–Kier alpha value is -1.82. The summed E-state index contributed by atoms with van der Waals surface area (Å²) in [4.78, 5) is 12.7. The molecule has 6 nitrogen and oxygen atoms in total. The van der Waals surface area contributed by atoms with Gasteiger partial charge in [0.25, 0.3) is 0 Å². The summed E-state index contributed by atoms with van der Waals surface area (Å²) < 4.78 is 5.37. The fraction of sp³-hybridized carbons (Fsp3) is 0.500. The molecule has 4 rings (SSSR count). The molecule has 18 heavy (non-hydrogen) atoms. The predicted molar refractivity (Wildman–Crippen MR) is 62.6 cm³/mol. The lowest BCUT2D eigenvalue weighted by Gasteiger charge is -2.15. The van der Waals surface area contributed by atoms with Gasteiger partial charge in [-0.15, -0.1) is 0 Å². The number of fused-ring (bicyclic) bond motifs is 2.